The van der Waals surface area contributed by atoms with E-state index in [9.17, 15) is 4.79 Å². The Morgan fingerprint density at radius 1 is 0.771 bits per heavy atom. The van der Waals surface area contributed by atoms with Gasteiger partial charge in [0.1, 0.15) is 6.61 Å². The van der Waals surface area contributed by atoms with Crippen molar-refractivity contribution in [2.24, 2.45) is 0 Å². The maximum absolute atomic E-state index is 13.5. The molecule has 1 unspecified atom stereocenters. The molecule has 2 aliphatic rings. The minimum absolute atomic E-state index is 0.0669. The number of ether oxygens (including phenoxy) is 1. The molecule has 0 radical (unpaired) electrons. The monoisotopic (exact) mass is 459 g/mol. The predicted molar refractivity (Wildman–Crippen MR) is 140 cm³/mol. The zero-order valence-corrected chi connectivity index (χ0v) is 19.9. The molecule has 0 N–H and O–H groups in total. The first kappa shape index (κ1) is 21.7. The van der Waals surface area contributed by atoms with E-state index >= 15 is 0 Å². The van der Waals surface area contributed by atoms with E-state index in [1.165, 1.54) is 33.4 Å². The van der Waals surface area contributed by atoms with Crippen LogP contribution in [0.25, 0.3) is 11.1 Å². The molecule has 3 nitrogen and oxygen atoms in total. The molecule has 1 atom stereocenters. The maximum Gasteiger partial charge on any atom is 0.410 e. The van der Waals surface area contributed by atoms with Crippen LogP contribution in [0.2, 0.25) is 0 Å². The van der Waals surface area contributed by atoms with Crippen molar-refractivity contribution in [1.29, 1.82) is 0 Å². The molecule has 1 aliphatic carbocycles. The van der Waals surface area contributed by atoms with Crippen molar-refractivity contribution in [3.05, 3.63) is 131 Å². The van der Waals surface area contributed by atoms with Crippen LogP contribution in [-0.4, -0.2) is 30.2 Å². The molecule has 0 saturated carbocycles. The molecule has 0 bridgehead atoms. The lowest BCUT2D eigenvalue weighted by Crippen LogP contribution is -2.38. The van der Waals surface area contributed by atoms with Crippen molar-refractivity contribution >= 4 is 6.09 Å². The Hall–Kier alpha value is -3.85. The Labute approximate surface area is 207 Å². The van der Waals surface area contributed by atoms with E-state index in [1.54, 1.807) is 0 Å². The number of nitrogens with zero attached hydrogens (tertiary/aromatic N) is 1. The zero-order chi connectivity index (χ0) is 23.8. The summed E-state index contributed by atoms with van der Waals surface area (Å²) in [5.41, 5.74) is 7.20. The van der Waals surface area contributed by atoms with Crippen LogP contribution in [0.15, 0.2) is 109 Å². The quantitative estimate of drug-likeness (QED) is 0.328. The summed E-state index contributed by atoms with van der Waals surface area (Å²) in [4.78, 5) is 15.4. The number of hydrogen-bond acceptors (Lipinski definition) is 2. The molecule has 1 saturated heterocycles. The number of likely N-dealkylation sites (tertiary alicyclic amines) is 1. The van der Waals surface area contributed by atoms with Gasteiger partial charge in [-0.2, -0.15) is 0 Å². The maximum atomic E-state index is 13.5. The SMILES string of the molecule is CC1CC(c2ccccc2)(c2ccccc2)CN1C(=O)OCC1c2ccccc2-c2ccccc21. The Morgan fingerprint density at radius 2 is 1.26 bits per heavy atom. The summed E-state index contributed by atoms with van der Waals surface area (Å²) in [7, 11) is 0. The van der Waals surface area contributed by atoms with Crippen molar-refractivity contribution in [3.8, 4) is 11.1 Å². The van der Waals surface area contributed by atoms with Crippen LogP contribution < -0.4 is 0 Å². The Bertz CT molecular complexity index is 1260. The molecule has 4 aromatic carbocycles. The molecule has 6 rings (SSSR count). The highest BCUT2D eigenvalue weighted by Crippen LogP contribution is 2.46. The highest BCUT2D eigenvalue weighted by atomic mass is 16.6. The molecule has 174 valence electrons. The lowest BCUT2D eigenvalue weighted by Gasteiger charge is -2.30. The minimum Gasteiger partial charge on any atom is -0.448 e. The van der Waals surface area contributed by atoms with Crippen LogP contribution in [0.3, 0.4) is 0 Å². The van der Waals surface area contributed by atoms with Gasteiger partial charge < -0.3 is 9.64 Å². The van der Waals surface area contributed by atoms with E-state index in [1.807, 2.05) is 17.0 Å². The molecular weight excluding hydrogens is 430 g/mol. The van der Waals surface area contributed by atoms with Crippen molar-refractivity contribution < 1.29 is 9.53 Å². The summed E-state index contributed by atoms with van der Waals surface area (Å²) in [5, 5.41) is 0. The summed E-state index contributed by atoms with van der Waals surface area (Å²) in [5.74, 6) is 0.0669. The van der Waals surface area contributed by atoms with Crippen molar-refractivity contribution in [3.63, 3.8) is 0 Å². The van der Waals surface area contributed by atoms with Crippen LogP contribution in [0.5, 0.6) is 0 Å². The molecule has 0 aromatic heterocycles. The normalized spacial score (nSPS) is 18.2. The third-order valence-electron chi connectivity index (χ3n) is 7.84. The fraction of sp³-hybridized carbons (Fsp3) is 0.219. The average molecular weight is 460 g/mol. The van der Waals surface area contributed by atoms with Gasteiger partial charge in [-0.15, -0.1) is 0 Å². The van der Waals surface area contributed by atoms with Gasteiger partial charge >= 0.3 is 6.09 Å². The van der Waals surface area contributed by atoms with Crippen LogP contribution in [0, 0.1) is 0 Å². The fourth-order valence-corrected chi connectivity index (χ4v) is 6.15. The fourth-order valence-electron chi connectivity index (χ4n) is 6.15. The lowest BCUT2D eigenvalue weighted by atomic mass is 9.73. The number of carbonyl (C=O) groups is 1. The Morgan fingerprint density at radius 3 is 1.80 bits per heavy atom. The topological polar surface area (TPSA) is 29.5 Å². The lowest BCUT2D eigenvalue weighted by molar-refractivity contribution is 0.0969. The van der Waals surface area contributed by atoms with E-state index in [4.69, 9.17) is 4.74 Å². The third-order valence-corrected chi connectivity index (χ3v) is 7.84. The van der Waals surface area contributed by atoms with Gasteiger partial charge in [-0.25, -0.2) is 4.79 Å². The number of fused-ring (bicyclic) bond motifs is 3. The van der Waals surface area contributed by atoms with Gasteiger partial charge in [0.15, 0.2) is 0 Å². The predicted octanol–water partition coefficient (Wildman–Crippen LogP) is 7.02. The molecule has 0 spiro atoms. The first-order valence-corrected chi connectivity index (χ1v) is 12.4. The molecule has 4 aromatic rings. The Balaban J connectivity index is 1.26. The number of benzene rings is 4. The first-order valence-electron chi connectivity index (χ1n) is 12.4. The first-order chi connectivity index (χ1) is 17.2. The average Bonchev–Trinajstić information content (AvgIpc) is 3.44. The summed E-state index contributed by atoms with van der Waals surface area (Å²) < 4.78 is 6.05. The van der Waals surface area contributed by atoms with Crippen LogP contribution in [-0.2, 0) is 10.2 Å². The highest BCUT2D eigenvalue weighted by Gasteiger charge is 2.47. The van der Waals surface area contributed by atoms with Gasteiger partial charge in [0.25, 0.3) is 0 Å². The van der Waals surface area contributed by atoms with Gasteiger partial charge in [-0.3, -0.25) is 0 Å². The van der Waals surface area contributed by atoms with Gasteiger partial charge in [0.2, 0.25) is 0 Å². The Kier molecular flexibility index (Phi) is 5.41. The van der Waals surface area contributed by atoms with E-state index in [-0.39, 0.29) is 23.5 Å². The van der Waals surface area contributed by atoms with E-state index in [0.29, 0.717) is 13.2 Å². The van der Waals surface area contributed by atoms with Gasteiger partial charge in [0, 0.05) is 23.9 Å². The van der Waals surface area contributed by atoms with Gasteiger partial charge in [-0.1, -0.05) is 109 Å². The van der Waals surface area contributed by atoms with Crippen molar-refractivity contribution in [2.75, 3.05) is 13.2 Å². The smallest absolute Gasteiger partial charge is 0.410 e. The number of amides is 1. The second kappa shape index (κ2) is 8.74. The van der Waals surface area contributed by atoms with Crippen LogP contribution >= 0.6 is 0 Å². The number of rotatable bonds is 4. The zero-order valence-electron chi connectivity index (χ0n) is 19.9. The van der Waals surface area contributed by atoms with Crippen molar-refractivity contribution in [1.82, 2.24) is 4.90 Å². The minimum atomic E-state index is -0.243. The summed E-state index contributed by atoms with van der Waals surface area (Å²) in [6.45, 7) is 3.09. The van der Waals surface area contributed by atoms with E-state index in [2.05, 4.69) is 104 Å². The summed E-state index contributed by atoms with van der Waals surface area (Å²) in [6, 6.07) is 38.1. The number of hydrogen-bond donors (Lipinski definition) is 0. The second-order valence-electron chi connectivity index (χ2n) is 9.80. The molecule has 3 heteroatoms. The summed E-state index contributed by atoms with van der Waals surface area (Å²) >= 11 is 0. The van der Waals surface area contributed by atoms with Crippen LogP contribution in [0.4, 0.5) is 4.79 Å². The molecular formula is C32H29NO2. The van der Waals surface area contributed by atoms with Crippen molar-refractivity contribution in [2.45, 2.75) is 30.7 Å². The number of carbonyl (C=O) groups excluding carboxylic acids is 1. The van der Waals surface area contributed by atoms with Crippen LogP contribution in [0.1, 0.15) is 41.5 Å². The largest absolute Gasteiger partial charge is 0.448 e. The molecule has 1 aliphatic heterocycles. The van der Waals surface area contributed by atoms with E-state index in [0.717, 1.165) is 6.42 Å². The summed E-state index contributed by atoms with van der Waals surface area (Å²) in [6.07, 6.45) is 0.638. The molecule has 1 amide bonds. The van der Waals surface area contributed by atoms with Gasteiger partial charge in [0.05, 0.1) is 0 Å². The standard InChI is InChI=1S/C32H29NO2/c1-23-20-32(24-12-4-2-5-13-24,25-14-6-3-7-15-25)22-33(23)31(34)35-21-30-28-18-10-8-16-26(28)27-17-9-11-19-29(27)30/h2-19,23,30H,20-22H2,1H3. The van der Waals surface area contributed by atoms with E-state index < -0.39 is 0 Å². The van der Waals surface area contributed by atoms with Gasteiger partial charge in [-0.05, 0) is 46.7 Å². The molecule has 1 heterocycles. The molecule has 35 heavy (non-hydrogen) atoms. The highest BCUT2D eigenvalue weighted by molar-refractivity contribution is 5.79. The second-order valence-corrected chi connectivity index (χ2v) is 9.80. The molecule has 1 fully saturated rings. The third kappa shape index (κ3) is 3.63.